The Kier molecular flexibility index (Phi) is 3.47. The predicted molar refractivity (Wildman–Crippen MR) is 70.1 cm³/mol. The zero-order valence-corrected chi connectivity index (χ0v) is 10.7. The number of carbonyl (C=O) groups is 1. The molecule has 0 aliphatic heterocycles. The summed E-state index contributed by atoms with van der Waals surface area (Å²) in [5.74, 6) is -0.334. The van der Waals surface area contributed by atoms with Crippen LogP contribution in [-0.4, -0.2) is 23.2 Å². The molecule has 0 amide bonds. The zero-order chi connectivity index (χ0) is 13.1. The van der Waals surface area contributed by atoms with Gasteiger partial charge in [-0.2, -0.15) is 0 Å². The normalized spacial score (nSPS) is 10.1. The maximum atomic E-state index is 10.9. The fourth-order valence-electron chi connectivity index (χ4n) is 1.51. The summed E-state index contributed by atoms with van der Waals surface area (Å²) in [6.07, 6.45) is 0. The number of aromatic carboxylic acids is 1. The summed E-state index contributed by atoms with van der Waals surface area (Å²) in [6.45, 7) is 1.73. The van der Waals surface area contributed by atoms with E-state index in [0.29, 0.717) is 15.8 Å². The van der Waals surface area contributed by atoms with E-state index in [4.69, 9.17) is 9.84 Å². The number of nitrogens with one attached hydrogen (secondary N) is 1. The van der Waals surface area contributed by atoms with Crippen LogP contribution in [0.5, 0.6) is 5.75 Å². The first-order chi connectivity index (χ1) is 8.61. The first-order valence-corrected chi connectivity index (χ1v) is 6.04. The molecular formula is C12H12N2O3S. The van der Waals surface area contributed by atoms with Crippen LogP contribution in [0.3, 0.4) is 0 Å². The Hall–Kier alpha value is -2.08. The predicted octanol–water partition coefficient (Wildman–Crippen LogP) is 2.90. The van der Waals surface area contributed by atoms with E-state index in [2.05, 4.69) is 10.3 Å². The third-order valence-corrected chi connectivity index (χ3v) is 3.23. The fraction of sp³-hybridized carbons (Fsp3) is 0.167. The lowest BCUT2D eigenvalue weighted by molar-refractivity contribution is 0.0690. The van der Waals surface area contributed by atoms with Crippen LogP contribution in [0.2, 0.25) is 0 Å². The van der Waals surface area contributed by atoms with Gasteiger partial charge < -0.3 is 15.2 Å². The highest BCUT2D eigenvalue weighted by Crippen LogP contribution is 2.30. The van der Waals surface area contributed by atoms with E-state index in [1.807, 2.05) is 24.3 Å². The minimum atomic E-state index is -1.02. The second-order valence-electron chi connectivity index (χ2n) is 3.55. The van der Waals surface area contributed by atoms with Crippen LogP contribution in [0.15, 0.2) is 24.3 Å². The maximum Gasteiger partial charge on any atom is 0.355 e. The number of thiazole rings is 1. The van der Waals surface area contributed by atoms with Gasteiger partial charge in [-0.15, -0.1) is 11.3 Å². The number of hydrogen-bond donors (Lipinski definition) is 2. The van der Waals surface area contributed by atoms with Crippen molar-refractivity contribution in [2.45, 2.75) is 6.92 Å². The minimum absolute atomic E-state index is 0.0809. The number of aryl methyl sites for hydroxylation is 1. The summed E-state index contributed by atoms with van der Waals surface area (Å²) >= 11 is 1.30. The second kappa shape index (κ2) is 5.05. The molecule has 6 heteroatoms. The van der Waals surface area contributed by atoms with Crippen LogP contribution in [-0.2, 0) is 0 Å². The number of carboxylic acids is 1. The summed E-state index contributed by atoms with van der Waals surface area (Å²) in [5, 5.41) is 12.5. The quantitative estimate of drug-likeness (QED) is 0.888. The standard InChI is InChI=1S/C12H12N2O3S/c1-7-10(11(15)16)14-12(18-7)13-8-5-3-4-6-9(8)17-2/h3-6H,1-2H3,(H,13,14)(H,15,16). The Balaban J connectivity index is 2.29. The molecule has 2 rings (SSSR count). The molecule has 0 radical (unpaired) electrons. The topological polar surface area (TPSA) is 71.5 Å². The molecule has 0 saturated carbocycles. The number of methoxy groups -OCH3 is 1. The van der Waals surface area contributed by atoms with E-state index in [1.54, 1.807) is 14.0 Å². The summed E-state index contributed by atoms with van der Waals surface area (Å²) in [5.41, 5.74) is 0.836. The minimum Gasteiger partial charge on any atom is -0.495 e. The summed E-state index contributed by atoms with van der Waals surface area (Å²) in [6, 6.07) is 7.39. The molecule has 1 aromatic carbocycles. The number of nitrogens with zero attached hydrogens (tertiary/aromatic N) is 1. The van der Waals surface area contributed by atoms with Crippen molar-refractivity contribution < 1.29 is 14.6 Å². The van der Waals surface area contributed by atoms with E-state index >= 15 is 0 Å². The van der Waals surface area contributed by atoms with Crippen molar-refractivity contribution in [3.05, 3.63) is 34.8 Å². The molecule has 0 saturated heterocycles. The van der Waals surface area contributed by atoms with Crippen molar-refractivity contribution in [2.24, 2.45) is 0 Å². The molecule has 0 fully saturated rings. The van der Waals surface area contributed by atoms with Crippen LogP contribution in [0.1, 0.15) is 15.4 Å². The van der Waals surface area contributed by atoms with Gasteiger partial charge in [0, 0.05) is 4.88 Å². The van der Waals surface area contributed by atoms with Crippen LogP contribution in [0.4, 0.5) is 10.8 Å². The van der Waals surface area contributed by atoms with E-state index < -0.39 is 5.97 Å². The van der Waals surface area contributed by atoms with Crippen molar-refractivity contribution in [1.29, 1.82) is 0 Å². The van der Waals surface area contributed by atoms with Gasteiger partial charge in [0.15, 0.2) is 10.8 Å². The van der Waals surface area contributed by atoms with Crippen molar-refractivity contribution in [3.63, 3.8) is 0 Å². The lowest BCUT2D eigenvalue weighted by Crippen LogP contribution is -1.99. The van der Waals surface area contributed by atoms with Gasteiger partial charge in [0.05, 0.1) is 12.8 Å². The Morgan fingerprint density at radius 1 is 1.44 bits per heavy atom. The van der Waals surface area contributed by atoms with Crippen LogP contribution >= 0.6 is 11.3 Å². The molecule has 18 heavy (non-hydrogen) atoms. The summed E-state index contributed by atoms with van der Waals surface area (Å²) in [7, 11) is 1.58. The van der Waals surface area contributed by atoms with Crippen molar-refractivity contribution in [3.8, 4) is 5.75 Å². The third-order valence-electron chi connectivity index (χ3n) is 2.35. The SMILES string of the molecule is COc1ccccc1Nc1nc(C(=O)O)c(C)s1. The lowest BCUT2D eigenvalue weighted by atomic mass is 10.3. The average Bonchev–Trinajstić information content (AvgIpc) is 2.71. The van der Waals surface area contributed by atoms with Crippen molar-refractivity contribution in [2.75, 3.05) is 12.4 Å². The highest BCUT2D eigenvalue weighted by molar-refractivity contribution is 7.15. The van der Waals surface area contributed by atoms with Gasteiger partial charge in [-0.1, -0.05) is 12.1 Å². The average molecular weight is 264 g/mol. The van der Waals surface area contributed by atoms with Gasteiger partial charge in [0.1, 0.15) is 5.75 Å². The first-order valence-electron chi connectivity index (χ1n) is 5.22. The van der Waals surface area contributed by atoms with Gasteiger partial charge in [0.25, 0.3) is 0 Å². The van der Waals surface area contributed by atoms with Crippen LogP contribution in [0.25, 0.3) is 0 Å². The molecule has 1 heterocycles. The number of aromatic nitrogens is 1. The van der Waals surface area contributed by atoms with Gasteiger partial charge in [-0.25, -0.2) is 9.78 Å². The number of carboxylic acid groups (broad SMARTS) is 1. The van der Waals surface area contributed by atoms with Crippen LogP contribution < -0.4 is 10.1 Å². The molecule has 0 aliphatic rings. The van der Waals surface area contributed by atoms with Gasteiger partial charge in [0.2, 0.25) is 0 Å². The maximum absolute atomic E-state index is 10.9. The Labute approximate surface area is 108 Å². The van der Waals surface area contributed by atoms with E-state index in [-0.39, 0.29) is 5.69 Å². The third kappa shape index (κ3) is 2.43. The van der Waals surface area contributed by atoms with Crippen molar-refractivity contribution in [1.82, 2.24) is 4.98 Å². The Morgan fingerprint density at radius 2 is 2.17 bits per heavy atom. The van der Waals surface area contributed by atoms with E-state index in [9.17, 15) is 4.79 Å². The molecule has 0 atom stereocenters. The lowest BCUT2D eigenvalue weighted by Gasteiger charge is -2.07. The molecule has 0 unspecified atom stereocenters. The molecule has 2 aromatic rings. The van der Waals surface area contributed by atoms with Gasteiger partial charge in [-0.3, -0.25) is 0 Å². The summed E-state index contributed by atoms with van der Waals surface area (Å²) < 4.78 is 5.20. The number of anilines is 2. The second-order valence-corrected chi connectivity index (χ2v) is 4.76. The molecule has 0 bridgehead atoms. The number of benzene rings is 1. The number of hydrogen-bond acceptors (Lipinski definition) is 5. The molecule has 0 aliphatic carbocycles. The smallest absolute Gasteiger partial charge is 0.355 e. The first kappa shape index (κ1) is 12.4. The monoisotopic (exact) mass is 264 g/mol. The molecule has 5 nitrogen and oxygen atoms in total. The fourth-order valence-corrected chi connectivity index (χ4v) is 2.33. The van der Waals surface area contributed by atoms with E-state index in [0.717, 1.165) is 5.69 Å². The molecule has 94 valence electrons. The molecule has 2 N–H and O–H groups in total. The van der Waals surface area contributed by atoms with Gasteiger partial charge in [-0.05, 0) is 19.1 Å². The highest BCUT2D eigenvalue weighted by atomic mass is 32.1. The number of rotatable bonds is 4. The van der Waals surface area contributed by atoms with E-state index in [1.165, 1.54) is 11.3 Å². The van der Waals surface area contributed by atoms with Crippen LogP contribution in [0, 0.1) is 6.92 Å². The zero-order valence-electron chi connectivity index (χ0n) is 9.93. The van der Waals surface area contributed by atoms with Crippen molar-refractivity contribution >= 4 is 28.1 Å². The molecule has 1 aromatic heterocycles. The Bertz CT molecular complexity index is 580. The number of ether oxygens (including phenoxy) is 1. The van der Waals surface area contributed by atoms with Gasteiger partial charge >= 0.3 is 5.97 Å². The summed E-state index contributed by atoms with van der Waals surface area (Å²) in [4.78, 5) is 15.6. The Morgan fingerprint density at radius 3 is 2.78 bits per heavy atom. The largest absolute Gasteiger partial charge is 0.495 e. The highest BCUT2D eigenvalue weighted by Gasteiger charge is 2.14. The number of para-hydroxylation sites is 2. The molecule has 0 spiro atoms. The molecular weight excluding hydrogens is 252 g/mol.